The number of anilines is 1. The number of carbonyl (C=O) groups is 2. The highest BCUT2D eigenvalue weighted by Gasteiger charge is 2.37. The van der Waals surface area contributed by atoms with Crippen LogP contribution < -0.4 is 20.7 Å². The number of esters is 1. The fourth-order valence-electron chi connectivity index (χ4n) is 6.35. The second-order valence-corrected chi connectivity index (χ2v) is 13.9. The fraction of sp³-hybridized carbons (Fsp3) is 0.641. The van der Waals surface area contributed by atoms with E-state index in [-0.39, 0.29) is 43.2 Å². The number of nitrogens with two attached hydrogens (primary N) is 1. The number of benzene rings is 2. The van der Waals surface area contributed by atoms with Gasteiger partial charge in [-0.25, -0.2) is 0 Å². The third-order valence-electron chi connectivity index (χ3n) is 9.27. The lowest BCUT2D eigenvalue weighted by Crippen LogP contribution is -2.51. The zero-order chi connectivity index (χ0) is 37.5. The van der Waals surface area contributed by atoms with Crippen LogP contribution >= 0.6 is 0 Å². The predicted octanol–water partition coefficient (Wildman–Crippen LogP) is 3.45. The smallest absolute Gasteiger partial charge is 0.323 e. The Morgan fingerprint density at radius 1 is 0.885 bits per heavy atom. The van der Waals surface area contributed by atoms with Gasteiger partial charge in [-0.3, -0.25) is 9.59 Å². The monoisotopic (exact) mass is 729 g/mol. The molecule has 52 heavy (non-hydrogen) atoms. The van der Waals surface area contributed by atoms with Crippen molar-refractivity contribution in [1.29, 1.82) is 0 Å². The number of hydrogen-bond acceptors (Lipinski definition) is 12. The highest BCUT2D eigenvalue weighted by Crippen LogP contribution is 2.35. The maximum Gasteiger partial charge on any atom is 0.323 e. The largest absolute Gasteiger partial charge is 0.490 e. The molecule has 2 aliphatic heterocycles. The van der Waals surface area contributed by atoms with Crippen molar-refractivity contribution < 1.29 is 47.5 Å². The molecule has 0 bridgehead atoms. The van der Waals surface area contributed by atoms with Crippen LogP contribution in [0.4, 0.5) is 5.69 Å². The molecule has 0 unspecified atom stereocenters. The Bertz CT molecular complexity index is 1380. The summed E-state index contributed by atoms with van der Waals surface area (Å²) in [6.45, 7) is 10.7. The number of carbonyl (C=O) groups excluding carboxylic acids is 2. The SMILES string of the molecule is COCCC(=O)N1CCOc2ccc(CO[C@H]3CNC[C@@H](OC[C@@H](COC)OC(=O)[C@@H](N)C(C)C)[C@@H]3c3ccc(COC[C@@H](C)COC)cc3)cc21. The minimum absolute atomic E-state index is 0.0111. The quantitative estimate of drug-likeness (QED) is 0.181. The van der Waals surface area contributed by atoms with Crippen molar-refractivity contribution in [2.24, 2.45) is 17.6 Å². The van der Waals surface area contributed by atoms with Crippen molar-refractivity contribution in [2.45, 2.75) is 70.7 Å². The lowest BCUT2D eigenvalue weighted by atomic mass is 9.85. The van der Waals surface area contributed by atoms with Crippen LogP contribution in [-0.4, -0.2) is 117 Å². The lowest BCUT2D eigenvalue weighted by molar-refractivity contribution is -0.161. The molecule has 1 saturated heterocycles. The minimum atomic E-state index is -0.738. The standard InChI is InChI=1S/C39H59N3O10/c1-26(2)38(40)39(44)52-31(24-47-6)25-51-35-19-41-18-34(37(35)30-10-7-28(8-11-30)22-48-21-27(3)20-46-5)50-23-29-9-12-33-32(17-29)42(14-16-49-33)36(43)13-15-45-4/h7-12,17,26-27,31,34-35,37-38,41H,13-16,18-25,40H2,1-6H3/t27-,31+,34-,35+,37+,38-/m0/s1. The van der Waals surface area contributed by atoms with Gasteiger partial charge in [-0.1, -0.05) is 51.1 Å². The number of piperidine rings is 1. The van der Waals surface area contributed by atoms with Gasteiger partial charge in [0.15, 0.2) is 0 Å². The Kier molecular flexibility index (Phi) is 17.2. The maximum absolute atomic E-state index is 13.0. The summed E-state index contributed by atoms with van der Waals surface area (Å²) in [6, 6.07) is 13.5. The van der Waals surface area contributed by atoms with E-state index in [9.17, 15) is 9.59 Å². The Morgan fingerprint density at radius 3 is 2.29 bits per heavy atom. The number of nitrogens with zero attached hydrogens (tertiary/aromatic N) is 1. The Labute approximate surface area is 308 Å². The molecule has 3 N–H and O–H groups in total. The fourth-order valence-corrected chi connectivity index (χ4v) is 6.35. The molecule has 0 radical (unpaired) electrons. The predicted molar refractivity (Wildman–Crippen MR) is 196 cm³/mol. The number of fused-ring (bicyclic) bond motifs is 1. The Morgan fingerprint density at radius 2 is 1.60 bits per heavy atom. The molecule has 4 rings (SSSR count). The van der Waals surface area contributed by atoms with Crippen LogP contribution in [0, 0.1) is 11.8 Å². The highest BCUT2D eigenvalue weighted by molar-refractivity contribution is 5.95. The first-order valence-corrected chi connectivity index (χ1v) is 18.2. The second kappa shape index (κ2) is 21.5. The first-order valence-electron chi connectivity index (χ1n) is 18.2. The van der Waals surface area contributed by atoms with Crippen molar-refractivity contribution in [3.8, 4) is 5.75 Å². The van der Waals surface area contributed by atoms with Crippen molar-refractivity contribution in [2.75, 3.05) is 85.5 Å². The van der Waals surface area contributed by atoms with E-state index < -0.39 is 18.1 Å². The summed E-state index contributed by atoms with van der Waals surface area (Å²) in [6.07, 6.45) is -0.907. The van der Waals surface area contributed by atoms with Gasteiger partial charge in [-0.15, -0.1) is 0 Å². The van der Waals surface area contributed by atoms with Gasteiger partial charge >= 0.3 is 5.97 Å². The zero-order valence-corrected chi connectivity index (χ0v) is 31.7. The molecular formula is C39H59N3O10. The summed E-state index contributed by atoms with van der Waals surface area (Å²) in [5, 5.41) is 3.48. The third kappa shape index (κ3) is 12.2. The molecule has 0 spiro atoms. The summed E-state index contributed by atoms with van der Waals surface area (Å²) in [5.74, 6) is 0.267. The van der Waals surface area contributed by atoms with E-state index in [2.05, 4.69) is 36.5 Å². The van der Waals surface area contributed by atoms with E-state index in [1.807, 2.05) is 32.0 Å². The van der Waals surface area contributed by atoms with E-state index in [0.717, 1.165) is 22.4 Å². The molecule has 13 heteroatoms. The van der Waals surface area contributed by atoms with Crippen LogP contribution in [0.3, 0.4) is 0 Å². The van der Waals surface area contributed by atoms with Crippen LogP contribution in [0.1, 0.15) is 49.8 Å². The van der Waals surface area contributed by atoms with Crippen molar-refractivity contribution in [3.63, 3.8) is 0 Å². The second-order valence-electron chi connectivity index (χ2n) is 13.9. The van der Waals surface area contributed by atoms with E-state index in [1.165, 1.54) is 0 Å². The van der Waals surface area contributed by atoms with Crippen molar-refractivity contribution >= 4 is 17.6 Å². The molecule has 2 heterocycles. The molecule has 2 aromatic rings. The first kappa shape index (κ1) is 41.6. The number of hydrogen-bond donors (Lipinski definition) is 2. The molecule has 2 aromatic carbocycles. The molecule has 0 saturated carbocycles. The summed E-state index contributed by atoms with van der Waals surface area (Å²) in [4.78, 5) is 27.4. The van der Waals surface area contributed by atoms with E-state index in [4.69, 9.17) is 43.6 Å². The number of rotatable bonds is 21. The average molecular weight is 730 g/mol. The molecule has 0 aromatic heterocycles. The van der Waals surface area contributed by atoms with Gasteiger partial charge in [0.05, 0.1) is 77.1 Å². The van der Waals surface area contributed by atoms with E-state index in [0.29, 0.717) is 77.4 Å². The van der Waals surface area contributed by atoms with E-state index in [1.54, 1.807) is 26.2 Å². The molecule has 290 valence electrons. The van der Waals surface area contributed by atoms with E-state index >= 15 is 0 Å². The zero-order valence-electron chi connectivity index (χ0n) is 31.7. The first-order chi connectivity index (χ1) is 25.1. The number of methoxy groups -OCH3 is 3. The molecule has 13 nitrogen and oxygen atoms in total. The van der Waals surface area contributed by atoms with Gasteiger partial charge in [-0.05, 0) is 34.7 Å². The number of ether oxygens (including phenoxy) is 8. The van der Waals surface area contributed by atoms with Gasteiger partial charge in [-0.2, -0.15) is 0 Å². The van der Waals surface area contributed by atoms with Crippen LogP contribution in [0.2, 0.25) is 0 Å². The molecular weight excluding hydrogens is 670 g/mol. The van der Waals surface area contributed by atoms with Gasteiger partial charge < -0.3 is 53.8 Å². The van der Waals surface area contributed by atoms with Gasteiger partial charge in [0.2, 0.25) is 5.91 Å². The molecule has 1 fully saturated rings. The number of amides is 1. The van der Waals surface area contributed by atoms with Gasteiger partial charge in [0, 0.05) is 46.3 Å². The molecule has 6 atom stereocenters. The lowest BCUT2D eigenvalue weighted by Gasteiger charge is -2.39. The maximum atomic E-state index is 13.0. The molecule has 1 amide bonds. The average Bonchev–Trinajstić information content (AvgIpc) is 3.14. The minimum Gasteiger partial charge on any atom is -0.490 e. The van der Waals surface area contributed by atoms with Crippen LogP contribution in [-0.2, 0) is 56.0 Å². The van der Waals surface area contributed by atoms with Crippen molar-refractivity contribution in [3.05, 3.63) is 59.2 Å². The highest BCUT2D eigenvalue weighted by atomic mass is 16.6. The third-order valence-corrected chi connectivity index (χ3v) is 9.27. The number of nitrogens with one attached hydrogen (secondary N) is 1. The van der Waals surface area contributed by atoms with Crippen molar-refractivity contribution in [1.82, 2.24) is 5.32 Å². The summed E-state index contributed by atoms with van der Waals surface area (Å²) >= 11 is 0. The summed E-state index contributed by atoms with van der Waals surface area (Å²) in [7, 11) is 4.84. The van der Waals surface area contributed by atoms with Crippen LogP contribution in [0.15, 0.2) is 42.5 Å². The van der Waals surface area contributed by atoms with Gasteiger partial charge in [0.1, 0.15) is 24.5 Å². The summed E-state index contributed by atoms with van der Waals surface area (Å²) in [5.41, 5.74) is 9.83. The van der Waals surface area contributed by atoms with Crippen LogP contribution in [0.5, 0.6) is 5.75 Å². The Hall–Kier alpha value is -3.14. The van der Waals surface area contributed by atoms with Gasteiger partial charge in [0.25, 0.3) is 0 Å². The topological polar surface area (TPSA) is 149 Å². The Balaban J connectivity index is 1.51. The van der Waals surface area contributed by atoms with Crippen LogP contribution in [0.25, 0.3) is 0 Å². The normalized spacial score (nSPS) is 20.5. The summed E-state index contributed by atoms with van der Waals surface area (Å²) < 4.78 is 46.4. The molecule has 0 aliphatic carbocycles. The molecule has 2 aliphatic rings.